The van der Waals surface area contributed by atoms with E-state index in [1.165, 1.54) is 39.4 Å². The Balaban J connectivity index is 0.000000159. The zero-order chi connectivity index (χ0) is 42.4. The number of fused-ring (bicyclic) bond motifs is 5. The molecule has 9 rings (SSSR count). The number of benzene rings is 6. The summed E-state index contributed by atoms with van der Waals surface area (Å²) in [4.78, 5) is 56.3. The van der Waals surface area contributed by atoms with Crippen LogP contribution in [0.2, 0.25) is 0 Å². The quantitative estimate of drug-likeness (QED) is 0.0235. The molecule has 0 amide bonds. The van der Waals surface area contributed by atoms with Crippen molar-refractivity contribution in [2.24, 2.45) is 5.84 Å². The van der Waals surface area contributed by atoms with Gasteiger partial charge < -0.3 is 40.8 Å². The largest absolute Gasteiger partial charge is 0.507 e. The third-order valence-corrected chi connectivity index (χ3v) is 9.56. The SMILES string of the molecule is NNc1ccccc1.O=C1O[C@H]([C@@H](O)CO)C(=O)C1=O.O=C1c2ccc(O)c(O)c2C(=O)c2c(O)ccc(O)c21.[Ge].c1ccc(-c2cccc3c2Cc2ccccc2-3)cc1. The van der Waals surface area contributed by atoms with Crippen LogP contribution in [0.15, 0.2) is 127 Å². The summed E-state index contributed by atoms with van der Waals surface area (Å²) in [6.45, 7) is -0.739. The van der Waals surface area contributed by atoms with E-state index in [4.69, 9.17) is 16.1 Å². The average molecular weight is 869 g/mol. The Morgan fingerprint density at radius 1 is 0.600 bits per heavy atom. The number of nitrogens with two attached hydrogens (primary N) is 1. The van der Waals surface area contributed by atoms with Crippen molar-refractivity contribution >= 4 is 52.4 Å². The number of carbonyl (C=O) groups excluding carboxylic acids is 5. The summed E-state index contributed by atoms with van der Waals surface area (Å²) < 4.78 is 4.19. The van der Waals surface area contributed by atoms with Crippen molar-refractivity contribution in [3.05, 3.63) is 161 Å². The number of anilines is 1. The van der Waals surface area contributed by atoms with Crippen molar-refractivity contribution in [1.29, 1.82) is 0 Å². The van der Waals surface area contributed by atoms with E-state index in [1.54, 1.807) is 0 Å². The maximum atomic E-state index is 12.3. The summed E-state index contributed by atoms with van der Waals surface area (Å²) in [5.41, 5.74) is 10.6. The fraction of sp³-hybridized carbons (Fsp3) is 0.0889. The molecule has 2 aliphatic carbocycles. The number of cyclic esters (lactones) is 1. The molecule has 1 saturated heterocycles. The summed E-state index contributed by atoms with van der Waals surface area (Å²) in [5.74, 6) is -2.31. The molecule has 1 aliphatic heterocycles. The Kier molecular flexibility index (Phi) is 14.0. The average Bonchev–Trinajstić information content (AvgIpc) is 3.77. The molecule has 1 heterocycles. The van der Waals surface area contributed by atoms with Crippen molar-refractivity contribution in [2.75, 3.05) is 12.0 Å². The number of ketones is 4. The molecule has 0 bridgehead atoms. The van der Waals surface area contributed by atoms with Gasteiger partial charge in [0.25, 0.3) is 5.78 Å². The molecule has 302 valence electrons. The van der Waals surface area contributed by atoms with Gasteiger partial charge in [0.05, 0.1) is 23.3 Å². The number of hydrogen-bond acceptors (Lipinski definition) is 14. The predicted molar refractivity (Wildman–Crippen MR) is 220 cm³/mol. The van der Waals surface area contributed by atoms with E-state index in [9.17, 15) is 44.4 Å². The minimum atomic E-state index is -1.53. The number of hydrogen-bond donors (Lipinski definition) is 8. The zero-order valence-corrected chi connectivity index (χ0v) is 33.5. The Morgan fingerprint density at radius 3 is 1.73 bits per heavy atom. The molecule has 60 heavy (non-hydrogen) atoms. The number of hydrazine groups is 1. The van der Waals surface area contributed by atoms with Gasteiger partial charge in [0, 0.05) is 28.8 Å². The van der Waals surface area contributed by atoms with Crippen LogP contribution in [-0.4, -0.2) is 96.2 Å². The number of phenols is 4. The number of esters is 1. The topological polar surface area (TPSA) is 254 Å². The molecule has 14 nitrogen and oxygen atoms in total. The summed E-state index contributed by atoms with van der Waals surface area (Å²) >= 11 is 0. The molecule has 3 aliphatic rings. The smallest absolute Gasteiger partial charge is 0.383 e. The fourth-order valence-corrected chi connectivity index (χ4v) is 6.68. The molecule has 2 atom stereocenters. The van der Waals surface area contributed by atoms with Gasteiger partial charge in [0.2, 0.25) is 5.78 Å². The van der Waals surface area contributed by atoms with Gasteiger partial charge in [-0.2, -0.15) is 0 Å². The summed E-state index contributed by atoms with van der Waals surface area (Å²) in [6.07, 6.45) is -2.00. The van der Waals surface area contributed by atoms with E-state index >= 15 is 0 Å². The standard InChI is InChI=1S/C19H14.C14H8O6.C6H8N2.C6H6O6.Ge/c1-2-7-14(8-3-1)16-11-6-12-18-17-10-5-4-9-15(17)13-19(16)18;15-6-3-4-7(16)11-10(6)12(18)5-1-2-8(17)13(19)9(5)14(11)20;7-8-6-4-2-1-3-5-6;7-1-2(8)5-3(9)4(10)6(11)12-5;/h1-12H,13H2;1-4,15-17,19H;1-5,8H,7H2;2,5,7-8H,1H2;/t;;;2-,5+;/m...0./s1. The van der Waals surface area contributed by atoms with Crippen LogP contribution in [0.3, 0.4) is 0 Å². The minimum Gasteiger partial charge on any atom is -0.507 e. The van der Waals surface area contributed by atoms with Gasteiger partial charge >= 0.3 is 11.8 Å². The Morgan fingerprint density at radius 2 is 1.15 bits per heavy atom. The second-order valence-corrected chi connectivity index (χ2v) is 13.2. The van der Waals surface area contributed by atoms with Gasteiger partial charge in [-0.1, -0.05) is 91.0 Å². The molecule has 0 aromatic heterocycles. The Labute approximate surface area is 353 Å². The monoisotopic (exact) mass is 870 g/mol. The predicted octanol–water partition coefficient (Wildman–Crippen LogP) is 4.20. The number of Topliss-reactive ketones (excluding diaryl/α,β-unsaturated/α-hetero) is 2. The third-order valence-electron chi connectivity index (χ3n) is 9.56. The molecule has 0 unspecified atom stereocenters. The molecule has 1 fully saturated rings. The van der Waals surface area contributed by atoms with Crippen LogP contribution in [0.5, 0.6) is 23.0 Å². The molecule has 9 N–H and O–H groups in total. The number of ether oxygens (including phenoxy) is 1. The first-order valence-corrected chi connectivity index (χ1v) is 17.9. The van der Waals surface area contributed by atoms with Gasteiger partial charge in [-0.3, -0.25) is 25.0 Å². The second-order valence-electron chi connectivity index (χ2n) is 13.2. The number of nitrogens with one attached hydrogen (secondary N) is 1. The molecular weight excluding hydrogens is 833 g/mol. The van der Waals surface area contributed by atoms with Crippen molar-refractivity contribution in [1.82, 2.24) is 0 Å². The van der Waals surface area contributed by atoms with Crippen molar-refractivity contribution in [3.8, 4) is 45.3 Å². The maximum absolute atomic E-state index is 12.3. The van der Waals surface area contributed by atoms with E-state index in [0.717, 1.165) is 30.3 Å². The number of aliphatic hydroxyl groups excluding tert-OH is 2. The number of rotatable bonds is 4. The van der Waals surface area contributed by atoms with Crippen LogP contribution < -0.4 is 11.3 Å². The zero-order valence-electron chi connectivity index (χ0n) is 31.4. The van der Waals surface area contributed by atoms with Crippen molar-refractivity contribution in [3.63, 3.8) is 0 Å². The first-order valence-electron chi connectivity index (χ1n) is 17.9. The molecular formula is C45H36GeN2O12. The van der Waals surface area contributed by atoms with E-state index < -0.39 is 70.9 Å². The van der Waals surface area contributed by atoms with Crippen LogP contribution in [0.1, 0.15) is 43.0 Å². The molecule has 0 saturated carbocycles. The summed E-state index contributed by atoms with van der Waals surface area (Å²) in [5, 5.41) is 55.9. The number of carbonyl (C=O) groups is 5. The van der Waals surface area contributed by atoms with E-state index in [0.29, 0.717) is 0 Å². The normalized spacial score (nSPS) is 14.4. The van der Waals surface area contributed by atoms with Crippen molar-refractivity contribution < 1.29 is 59.3 Å². The molecule has 15 heteroatoms. The van der Waals surface area contributed by atoms with E-state index in [-0.39, 0.29) is 39.9 Å². The van der Waals surface area contributed by atoms with Gasteiger partial charge in [-0.25, -0.2) is 4.79 Å². The second kappa shape index (κ2) is 19.1. The summed E-state index contributed by atoms with van der Waals surface area (Å²) in [6, 6.07) is 40.1. The Bertz CT molecular complexity index is 2600. The van der Waals surface area contributed by atoms with E-state index in [1.807, 2.05) is 30.3 Å². The first-order chi connectivity index (χ1) is 28.4. The van der Waals surface area contributed by atoms with Crippen molar-refractivity contribution in [2.45, 2.75) is 18.6 Å². The van der Waals surface area contributed by atoms with E-state index in [2.05, 4.69) is 83.0 Å². The first kappa shape index (κ1) is 44.0. The van der Waals surface area contributed by atoms with Crippen LogP contribution >= 0.6 is 0 Å². The number of aliphatic hydroxyl groups is 2. The molecule has 6 aromatic carbocycles. The molecule has 4 radical (unpaired) electrons. The number of aromatic hydroxyl groups is 4. The van der Waals surface area contributed by atoms with Gasteiger partial charge in [0.15, 0.2) is 23.4 Å². The van der Waals surface area contributed by atoms with Crippen LogP contribution in [0, 0.1) is 0 Å². The number of nitrogen functional groups attached to an aromatic ring is 1. The minimum absolute atomic E-state index is 0. The van der Waals surface area contributed by atoms with Crippen LogP contribution in [0.25, 0.3) is 22.3 Å². The molecule has 0 spiro atoms. The van der Waals surface area contributed by atoms with Gasteiger partial charge in [-0.15, -0.1) is 0 Å². The number of phenolic OH excluding ortho intramolecular Hbond substituents is 4. The Hall–Kier alpha value is -7.11. The summed E-state index contributed by atoms with van der Waals surface area (Å²) in [7, 11) is 0. The van der Waals surface area contributed by atoms with Crippen LogP contribution in [0.4, 0.5) is 5.69 Å². The van der Waals surface area contributed by atoms with Gasteiger partial charge in [0.1, 0.15) is 17.6 Å². The van der Waals surface area contributed by atoms with Crippen LogP contribution in [-0.2, 0) is 25.5 Å². The van der Waals surface area contributed by atoms with Gasteiger partial charge in [-0.05, 0) is 76.2 Å². The maximum Gasteiger partial charge on any atom is 0.383 e. The number of para-hydroxylation sites is 1. The fourth-order valence-electron chi connectivity index (χ4n) is 6.68. The molecule has 6 aromatic rings. The third kappa shape index (κ3) is 8.81.